The van der Waals surface area contributed by atoms with Crippen LogP contribution in [0, 0.1) is 11.6 Å². The van der Waals surface area contributed by atoms with Gasteiger partial charge in [0.1, 0.15) is 11.6 Å². The van der Waals surface area contributed by atoms with Gasteiger partial charge in [-0.3, -0.25) is 9.78 Å². The molecule has 1 amide bonds. The van der Waals surface area contributed by atoms with E-state index in [1.165, 1.54) is 18.5 Å². The van der Waals surface area contributed by atoms with E-state index in [9.17, 15) is 13.6 Å². The zero-order chi connectivity index (χ0) is 17.1. The van der Waals surface area contributed by atoms with Crippen LogP contribution < -0.4 is 5.32 Å². The lowest BCUT2D eigenvalue weighted by molar-refractivity contribution is 0.0663. The molecule has 1 N–H and O–H groups in total. The molecule has 1 fully saturated rings. The van der Waals surface area contributed by atoms with E-state index in [4.69, 9.17) is 0 Å². The lowest BCUT2D eigenvalue weighted by atomic mass is 10.2. The Morgan fingerprint density at radius 2 is 1.88 bits per heavy atom. The highest BCUT2D eigenvalue weighted by Crippen LogP contribution is 2.21. The largest absolute Gasteiger partial charge is 0.352 e. The Morgan fingerprint density at radius 1 is 1.12 bits per heavy atom. The second-order valence-corrected chi connectivity index (χ2v) is 5.81. The molecule has 5 nitrogen and oxygen atoms in total. The molecule has 1 aliphatic heterocycles. The zero-order valence-corrected chi connectivity index (χ0v) is 13.3. The fraction of sp³-hybridized carbons (Fsp3) is 0.294. The highest BCUT2D eigenvalue weighted by atomic mass is 19.1. The SMILES string of the molecule is CN1CCN(C(=O)c2cncc(Nc3ccc(F)cc3F)c2)CC1. The van der Waals surface area contributed by atoms with Crippen LogP contribution in [0.3, 0.4) is 0 Å². The lowest BCUT2D eigenvalue weighted by Gasteiger charge is -2.32. The van der Waals surface area contributed by atoms with E-state index in [1.807, 2.05) is 7.05 Å². The number of hydrogen-bond donors (Lipinski definition) is 1. The van der Waals surface area contributed by atoms with Crippen molar-refractivity contribution in [1.29, 1.82) is 0 Å². The van der Waals surface area contributed by atoms with Crippen molar-refractivity contribution in [2.75, 3.05) is 38.5 Å². The van der Waals surface area contributed by atoms with Gasteiger partial charge in [-0.1, -0.05) is 0 Å². The standard InChI is InChI=1S/C17H18F2N4O/c1-22-4-6-23(7-5-22)17(24)12-8-14(11-20-10-12)21-16-3-2-13(18)9-15(16)19/h2-3,8-11,21H,4-7H2,1H3. The first-order chi connectivity index (χ1) is 11.5. The van der Waals surface area contributed by atoms with Crippen molar-refractivity contribution in [3.63, 3.8) is 0 Å². The van der Waals surface area contributed by atoms with Crippen LogP contribution in [0.25, 0.3) is 0 Å². The Balaban J connectivity index is 1.75. The molecular formula is C17H18F2N4O. The summed E-state index contributed by atoms with van der Waals surface area (Å²) < 4.78 is 26.7. The first-order valence-corrected chi connectivity index (χ1v) is 7.68. The molecule has 0 unspecified atom stereocenters. The summed E-state index contributed by atoms with van der Waals surface area (Å²) in [5.41, 5.74) is 1.04. The first-order valence-electron chi connectivity index (χ1n) is 7.68. The third-order valence-electron chi connectivity index (χ3n) is 3.99. The highest BCUT2D eigenvalue weighted by molar-refractivity contribution is 5.95. The molecule has 1 saturated heterocycles. The number of carbonyl (C=O) groups is 1. The summed E-state index contributed by atoms with van der Waals surface area (Å²) in [7, 11) is 2.02. The molecule has 126 valence electrons. The van der Waals surface area contributed by atoms with Crippen molar-refractivity contribution < 1.29 is 13.6 Å². The van der Waals surface area contributed by atoms with E-state index < -0.39 is 11.6 Å². The van der Waals surface area contributed by atoms with Gasteiger partial charge in [0.25, 0.3) is 5.91 Å². The summed E-state index contributed by atoms with van der Waals surface area (Å²) >= 11 is 0. The van der Waals surface area contributed by atoms with Gasteiger partial charge in [0.05, 0.1) is 23.1 Å². The van der Waals surface area contributed by atoms with Crippen molar-refractivity contribution in [2.45, 2.75) is 0 Å². The van der Waals surface area contributed by atoms with E-state index in [2.05, 4.69) is 15.2 Å². The smallest absolute Gasteiger partial charge is 0.255 e. The van der Waals surface area contributed by atoms with Crippen LogP contribution in [0.1, 0.15) is 10.4 Å². The molecule has 0 aliphatic carbocycles. The molecule has 2 aromatic rings. The van der Waals surface area contributed by atoms with Crippen LogP contribution in [0.2, 0.25) is 0 Å². The van der Waals surface area contributed by atoms with Gasteiger partial charge >= 0.3 is 0 Å². The van der Waals surface area contributed by atoms with Crippen LogP contribution in [-0.2, 0) is 0 Å². The van der Waals surface area contributed by atoms with Gasteiger partial charge in [-0.05, 0) is 25.2 Å². The number of piperazine rings is 1. The van der Waals surface area contributed by atoms with Gasteiger partial charge in [-0.15, -0.1) is 0 Å². The number of hydrogen-bond acceptors (Lipinski definition) is 4. The maximum absolute atomic E-state index is 13.7. The number of nitrogens with one attached hydrogen (secondary N) is 1. The van der Waals surface area contributed by atoms with Crippen LogP contribution in [0.4, 0.5) is 20.2 Å². The van der Waals surface area contributed by atoms with Crippen molar-refractivity contribution >= 4 is 17.3 Å². The number of amides is 1. The number of halogens is 2. The maximum Gasteiger partial charge on any atom is 0.255 e. The Labute approximate surface area is 138 Å². The molecule has 1 aromatic heterocycles. The number of nitrogens with zero attached hydrogens (tertiary/aromatic N) is 3. The molecule has 0 radical (unpaired) electrons. The Bertz CT molecular complexity index is 745. The molecule has 0 bridgehead atoms. The van der Waals surface area contributed by atoms with E-state index in [1.54, 1.807) is 11.0 Å². The monoisotopic (exact) mass is 332 g/mol. The summed E-state index contributed by atoms with van der Waals surface area (Å²) in [5.74, 6) is -1.44. The minimum atomic E-state index is -0.703. The molecule has 3 rings (SSSR count). The van der Waals surface area contributed by atoms with Crippen molar-refractivity contribution in [3.8, 4) is 0 Å². The molecule has 1 aliphatic rings. The predicted molar refractivity (Wildman–Crippen MR) is 87.3 cm³/mol. The normalized spacial score (nSPS) is 15.4. The lowest BCUT2D eigenvalue weighted by Crippen LogP contribution is -2.47. The van der Waals surface area contributed by atoms with Gasteiger partial charge in [0, 0.05) is 38.4 Å². The number of pyridine rings is 1. The molecule has 0 spiro atoms. The topological polar surface area (TPSA) is 48.5 Å². The van der Waals surface area contributed by atoms with Crippen molar-refractivity contribution in [2.24, 2.45) is 0 Å². The van der Waals surface area contributed by atoms with E-state index >= 15 is 0 Å². The van der Waals surface area contributed by atoms with Crippen molar-refractivity contribution in [1.82, 2.24) is 14.8 Å². The molecule has 7 heteroatoms. The third kappa shape index (κ3) is 3.68. The van der Waals surface area contributed by atoms with E-state index in [0.717, 1.165) is 25.2 Å². The zero-order valence-electron chi connectivity index (χ0n) is 13.3. The third-order valence-corrected chi connectivity index (χ3v) is 3.99. The van der Waals surface area contributed by atoms with Gasteiger partial charge in [-0.2, -0.15) is 0 Å². The number of benzene rings is 1. The minimum absolute atomic E-state index is 0.0983. The fourth-order valence-corrected chi connectivity index (χ4v) is 2.56. The summed E-state index contributed by atoms with van der Waals surface area (Å²) in [6.07, 6.45) is 2.98. The van der Waals surface area contributed by atoms with E-state index in [0.29, 0.717) is 24.3 Å². The number of anilines is 2. The Kier molecular flexibility index (Phi) is 4.71. The molecule has 24 heavy (non-hydrogen) atoms. The van der Waals surface area contributed by atoms with Crippen LogP contribution >= 0.6 is 0 Å². The van der Waals surface area contributed by atoms with Gasteiger partial charge < -0.3 is 15.1 Å². The Hall–Kier alpha value is -2.54. The second kappa shape index (κ2) is 6.92. The predicted octanol–water partition coefficient (Wildman–Crippen LogP) is 2.49. The van der Waals surface area contributed by atoms with E-state index in [-0.39, 0.29) is 11.6 Å². The van der Waals surface area contributed by atoms with Gasteiger partial charge in [-0.25, -0.2) is 8.78 Å². The number of likely N-dealkylation sites (N-methyl/N-ethyl adjacent to an activating group) is 1. The molecular weight excluding hydrogens is 314 g/mol. The summed E-state index contributed by atoms with van der Waals surface area (Å²) in [6.45, 7) is 2.99. The fourth-order valence-electron chi connectivity index (χ4n) is 2.56. The van der Waals surface area contributed by atoms with Crippen LogP contribution in [-0.4, -0.2) is 53.9 Å². The van der Waals surface area contributed by atoms with Crippen LogP contribution in [0.5, 0.6) is 0 Å². The second-order valence-electron chi connectivity index (χ2n) is 5.81. The number of aromatic nitrogens is 1. The molecule has 0 atom stereocenters. The quantitative estimate of drug-likeness (QED) is 0.938. The summed E-state index contributed by atoms with van der Waals surface area (Å²) in [6, 6.07) is 4.89. The summed E-state index contributed by atoms with van der Waals surface area (Å²) in [5, 5.41) is 2.82. The van der Waals surface area contributed by atoms with Crippen molar-refractivity contribution in [3.05, 3.63) is 53.9 Å². The number of carbonyl (C=O) groups excluding carboxylic acids is 1. The Morgan fingerprint density at radius 3 is 2.58 bits per heavy atom. The highest BCUT2D eigenvalue weighted by Gasteiger charge is 2.20. The molecule has 0 saturated carbocycles. The number of rotatable bonds is 3. The van der Waals surface area contributed by atoms with Gasteiger partial charge in [0.15, 0.2) is 0 Å². The molecule has 1 aromatic carbocycles. The summed E-state index contributed by atoms with van der Waals surface area (Å²) in [4.78, 5) is 20.5. The average Bonchev–Trinajstić information content (AvgIpc) is 2.58. The molecule has 2 heterocycles. The maximum atomic E-state index is 13.7. The van der Waals surface area contributed by atoms with Gasteiger partial charge in [0.2, 0.25) is 0 Å². The average molecular weight is 332 g/mol. The van der Waals surface area contributed by atoms with Crippen LogP contribution in [0.15, 0.2) is 36.7 Å². The minimum Gasteiger partial charge on any atom is -0.352 e. The first kappa shape index (κ1) is 16.3.